The van der Waals surface area contributed by atoms with Crippen LogP contribution in [0.3, 0.4) is 0 Å². The van der Waals surface area contributed by atoms with Gasteiger partial charge in [0.05, 0.1) is 0 Å². The minimum atomic E-state index is -0.0774. The van der Waals surface area contributed by atoms with Crippen LogP contribution < -0.4 is 10.2 Å². The predicted octanol–water partition coefficient (Wildman–Crippen LogP) is 1.24. The van der Waals surface area contributed by atoms with E-state index in [1.54, 1.807) is 6.33 Å². The zero-order valence-corrected chi connectivity index (χ0v) is 11.6. The van der Waals surface area contributed by atoms with Crippen molar-refractivity contribution < 1.29 is 4.79 Å². The third kappa shape index (κ3) is 2.53. The van der Waals surface area contributed by atoms with Crippen LogP contribution >= 0.6 is 0 Å². The van der Waals surface area contributed by atoms with E-state index in [0.29, 0.717) is 0 Å². The van der Waals surface area contributed by atoms with Crippen molar-refractivity contribution in [2.24, 2.45) is 0 Å². The molecule has 3 rings (SSSR count). The topological polar surface area (TPSA) is 58.1 Å². The Labute approximate surface area is 119 Å². The first-order chi connectivity index (χ1) is 9.78. The van der Waals surface area contributed by atoms with E-state index < -0.39 is 0 Å². The average molecular weight is 272 g/mol. The van der Waals surface area contributed by atoms with Gasteiger partial charge in [0.15, 0.2) is 0 Å². The van der Waals surface area contributed by atoms with Crippen LogP contribution in [-0.2, 0) is 17.6 Å². The summed E-state index contributed by atoms with van der Waals surface area (Å²) in [6.45, 7) is 5.36. The Balaban J connectivity index is 1.65. The van der Waals surface area contributed by atoms with Crippen LogP contribution in [0.1, 0.15) is 30.5 Å². The van der Waals surface area contributed by atoms with Gasteiger partial charge in [-0.25, -0.2) is 9.97 Å². The van der Waals surface area contributed by atoms with Gasteiger partial charge in [0, 0.05) is 30.4 Å². The molecule has 0 unspecified atom stereocenters. The fourth-order valence-electron chi connectivity index (χ4n) is 3.11. The van der Waals surface area contributed by atoms with E-state index in [4.69, 9.17) is 0 Å². The lowest BCUT2D eigenvalue weighted by Crippen LogP contribution is -2.44. The van der Waals surface area contributed by atoms with Gasteiger partial charge in [0.1, 0.15) is 12.1 Å². The molecular weight excluding hydrogens is 252 g/mol. The Morgan fingerprint density at radius 2 is 2.15 bits per heavy atom. The molecule has 5 nitrogen and oxygen atoms in total. The van der Waals surface area contributed by atoms with Gasteiger partial charge in [-0.15, -0.1) is 0 Å². The molecule has 0 radical (unpaired) electrons. The average Bonchev–Trinajstić information content (AvgIpc) is 2.96. The molecule has 106 valence electrons. The number of hydrogen-bond donors (Lipinski definition) is 1. The van der Waals surface area contributed by atoms with E-state index in [9.17, 15) is 4.79 Å². The van der Waals surface area contributed by atoms with Crippen LogP contribution in [0.2, 0.25) is 0 Å². The van der Waals surface area contributed by atoms with Gasteiger partial charge in [0.2, 0.25) is 5.91 Å². The first-order valence-electron chi connectivity index (χ1n) is 7.28. The van der Waals surface area contributed by atoms with Crippen molar-refractivity contribution in [1.29, 1.82) is 0 Å². The first-order valence-corrected chi connectivity index (χ1v) is 7.28. The van der Waals surface area contributed by atoms with E-state index in [-0.39, 0.29) is 11.9 Å². The number of nitrogens with zero attached hydrogens (tertiary/aromatic N) is 3. The van der Waals surface area contributed by atoms with Crippen molar-refractivity contribution in [1.82, 2.24) is 15.3 Å². The van der Waals surface area contributed by atoms with Crippen LogP contribution in [0.4, 0.5) is 5.82 Å². The molecule has 1 aliphatic heterocycles. The SMILES string of the molecule is C=CC(=O)NC1CCN(c2ncnc3c2CCC3)CC1. The molecular formula is C15H20N4O. The Hall–Kier alpha value is -1.91. The molecule has 1 aromatic heterocycles. The van der Waals surface area contributed by atoms with E-state index >= 15 is 0 Å². The number of aromatic nitrogens is 2. The Kier molecular flexibility index (Phi) is 3.67. The fourth-order valence-corrected chi connectivity index (χ4v) is 3.11. The van der Waals surface area contributed by atoms with E-state index in [1.165, 1.54) is 23.8 Å². The number of fused-ring (bicyclic) bond motifs is 1. The highest BCUT2D eigenvalue weighted by molar-refractivity contribution is 5.87. The number of anilines is 1. The van der Waals surface area contributed by atoms with Gasteiger partial charge >= 0.3 is 0 Å². The molecule has 0 atom stereocenters. The quantitative estimate of drug-likeness (QED) is 0.841. The van der Waals surface area contributed by atoms with Crippen LogP contribution in [0.15, 0.2) is 19.0 Å². The smallest absolute Gasteiger partial charge is 0.243 e. The molecule has 5 heteroatoms. The lowest BCUT2D eigenvalue weighted by Gasteiger charge is -2.33. The zero-order chi connectivity index (χ0) is 13.9. The lowest BCUT2D eigenvalue weighted by molar-refractivity contribution is -0.117. The molecule has 1 saturated heterocycles. The summed E-state index contributed by atoms with van der Waals surface area (Å²) in [4.78, 5) is 22.5. The highest BCUT2D eigenvalue weighted by atomic mass is 16.1. The van der Waals surface area contributed by atoms with Gasteiger partial charge in [0.25, 0.3) is 0 Å². The second-order valence-corrected chi connectivity index (χ2v) is 5.45. The number of amides is 1. The van der Waals surface area contributed by atoms with Crippen molar-refractivity contribution in [3.05, 3.63) is 30.2 Å². The summed E-state index contributed by atoms with van der Waals surface area (Å²) in [6.07, 6.45) is 8.30. The molecule has 20 heavy (non-hydrogen) atoms. The van der Waals surface area contributed by atoms with Crippen molar-refractivity contribution >= 4 is 11.7 Å². The summed E-state index contributed by atoms with van der Waals surface area (Å²) >= 11 is 0. The molecule has 0 saturated carbocycles. The summed E-state index contributed by atoms with van der Waals surface area (Å²) in [5.74, 6) is 1.03. The van der Waals surface area contributed by atoms with Gasteiger partial charge < -0.3 is 10.2 Å². The van der Waals surface area contributed by atoms with Crippen LogP contribution in [0, 0.1) is 0 Å². The van der Waals surface area contributed by atoms with Crippen LogP contribution in [0.5, 0.6) is 0 Å². The molecule has 0 aromatic carbocycles. The standard InChI is InChI=1S/C15H20N4O/c1-2-14(20)18-11-6-8-19(9-7-11)15-12-4-3-5-13(12)16-10-17-15/h2,10-11H,1,3-9H2,(H,18,20). The van der Waals surface area contributed by atoms with Gasteiger partial charge in [-0.3, -0.25) is 4.79 Å². The maximum atomic E-state index is 11.3. The van der Waals surface area contributed by atoms with Crippen LogP contribution in [0.25, 0.3) is 0 Å². The van der Waals surface area contributed by atoms with E-state index in [0.717, 1.165) is 44.6 Å². The molecule has 0 spiro atoms. The number of carbonyl (C=O) groups is 1. The zero-order valence-electron chi connectivity index (χ0n) is 11.6. The molecule has 2 aliphatic rings. The molecule has 1 fully saturated rings. The third-order valence-corrected chi connectivity index (χ3v) is 4.18. The molecule has 1 aromatic rings. The monoisotopic (exact) mass is 272 g/mol. The predicted molar refractivity (Wildman–Crippen MR) is 77.6 cm³/mol. The fraction of sp³-hybridized carbons (Fsp3) is 0.533. The maximum absolute atomic E-state index is 11.3. The minimum absolute atomic E-state index is 0.0774. The normalized spacial score (nSPS) is 18.7. The number of nitrogens with one attached hydrogen (secondary N) is 1. The van der Waals surface area contributed by atoms with Crippen LogP contribution in [-0.4, -0.2) is 35.0 Å². The van der Waals surface area contributed by atoms with Crippen molar-refractivity contribution in [2.45, 2.75) is 38.1 Å². The molecule has 0 bridgehead atoms. The second kappa shape index (κ2) is 5.61. The van der Waals surface area contributed by atoms with E-state index in [2.05, 4.69) is 26.8 Å². The minimum Gasteiger partial charge on any atom is -0.356 e. The largest absolute Gasteiger partial charge is 0.356 e. The summed E-state index contributed by atoms with van der Waals surface area (Å²) < 4.78 is 0. The highest BCUT2D eigenvalue weighted by Gasteiger charge is 2.25. The molecule has 1 N–H and O–H groups in total. The maximum Gasteiger partial charge on any atom is 0.243 e. The number of rotatable bonds is 3. The summed E-state index contributed by atoms with van der Waals surface area (Å²) in [7, 11) is 0. The Bertz CT molecular complexity index is 521. The highest BCUT2D eigenvalue weighted by Crippen LogP contribution is 2.29. The molecule has 1 aliphatic carbocycles. The van der Waals surface area contributed by atoms with Crippen molar-refractivity contribution in [2.75, 3.05) is 18.0 Å². The summed E-state index contributed by atoms with van der Waals surface area (Å²) in [5, 5.41) is 2.98. The first kappa shape index (κ1) is 13.1. The second-order valence-electron chi connectivity index (χ2n) is 5.45. The molecule has 2 heterocycles. The molecule has 1 amide bonds. The summed E-state index contributed by atoms with van der Waals surface area (Å²) in [5.41, 5.74) is 2.55. The lowest BCUT2D eigenvalue weighted by atomic mass is 10.0. The summed E-state index contributed by atoms with van der Waals surface area (Å²) in [6, 6.07) is 0.256. The number of aryl methyl sites for hydroxylation is 1. The van der Waals surface area contributed by atoms with Crippen molar-refractivity contribution in [3.63, 3.8) is 0 Å². The van der Waals surface area contributed by atoms with E-state index in [1.807, 2.05) is 0 Å². The van der Waals surface area contributed by atoms with Crippen molar-refractivity contribution in [3.8, 4) is 0 Å². The number of piperidine rings is 1. The van der Waals surface area contributed by atoms with Gasteiger partial charge in [-0.1, -0.05) is 6.58 Å². The Morgan fingerprint density at radius 3 is 2.90 bits per heavy atom. The number of carbonyl (C=O) groups excluding carboxylic acids is 1. The Morgan fingerprint density at radius 1 is 1.35 bits per heavy atom. The van der Waals surface area contributed by atoms with Gasteiger partial charge in [-0.05, 0) is 38.2 Å². The number of hydrogen-bond acceptors (Lipinski definition) is 4. The van der Waals surface area contributed by atoms with Gasteiger partial charge in [-0.2, -0.15) is 0 Å². The third-order valence-electron chi connectivity index (χ3n) is 4.18.